The lowest BCUT2D eigenvalue weighted by Gasteiger charge is -1.99. The molecule has 0 radical (unpaired) electrons. The predicted molar refractivity (Wildman–Crippen MR) is 57.7 cm³/mol. The van der Waals surface area contributed by atoms with Crippen LogP contribution in [-0.2, 0) is 6.42 Å². The lowest BCUT2D eigenvalue weighted by Crippen LogP contribution is -1.84. The van der Waals surface area contributed by atoms with Crippen molar-refractivity contribution in [3.05, 3.63) is 45.6 Å². The van der Waals surface area contributed by atoms with Crippen LogP contribution < -0.4 is 0 Å². The third-order valence-electron chi connectivity index (χ3n) is 1.42. The molecule has 0 saturated heterocycles. The lowest BCUT2D eigenvalue weighted by molar-refractivity contribution is 1.15. The predicted octanol–water partition coefficient (Wildman–Crippen LogP) is 3.41. The Hall–Kier alpha value is -0.310. The first-order valence-corrected chi connectivity index (χ1v) is 4.65. The Morgan fingerprint density at radius 3 is 2.36 bits per heavy atom. The Morgan fingerprint density at radius 1 is 1.36 bits per heavy atom. The minimum Gasteiger partial charge on any atom is -0.0998 e. The van der Waals surface area contributed by atoms with Gasteiger partial charge in [0.2, 0.25) is 0 Å². The Labute approximate surface area is 81.5 Å². The lowest BCUT2D eigenvalue weighted by atomic mass is 10.1. The van der Waals surface area contributed by atoms with E-state index >= 15 is 0 Å². The van der Waals surface area contributed by atoms with E-state index in [-0.39, 0.29) is 0 Å². The van der Waals surface area contributed by atoms with Gasteiger partial charge in [0.25, 0.3) is 0 Å². The van der Waals surface area contributed by atoms with Gasteiger partial charge in [0.05, 0.1) is 0 Å². The first kappa shape index (κ1) is 8.78. The maximum atomic E-state index is 3.87. The van der Waals surface area contributed by atoms with Crippen LogP contribution in [0.3, 0.4) is 0 Å². The second kappa shape index (κ2) is 3.90. The molecule has 58 valence electrons. The average Bonchev–Trinajstić information content (AvgIpc) is 1.93. The number of hydrogen-bond acceptors (Lipinski definition) is 0. The standard InChI is InChI=1S/C10H11I/c1-8(2)7-9-3-5-10(11)6-4-9/h3-6H,1,7H2,2H3. The van der Waals surface area contributed by atoms with Gasteiger partial charge < -0.3 is 0 Å². The number of halogens is 1. The summed E-state index contributed by atoms with van der Waals surface area (Å²) in [7, 11) is 0. The van der Waals surface area contributed by atoms with Crippen molar-refractivity contribution in [1.82, 2.24) is 0 Å². The molecule has 11 heavy (non-hydrogen) atoms. The monoisotopic (exact) mass is 258 g/mol. The van der Waals surface area contributed by atoms with Gasteiger partial charge in [-0.1, -0.05) is 24.3 Å². The highest BCUT2D eigenvalue weighted by Crippen LogP contribution is 2.09. The van der Waals surface area contributed by atoms with Crippen molar-refractivity contribution < 1.29 is 0 Å². The summed E-state index contributed by atoms with van der Waals surface area (Å²) < 4.78 is 1.29. The molecule has 0 aliphatic rings. The van der Waals surface area contributed by atoms with E-state index in [0.717, 1.165) is 6.42 Å². The van der Waals surface area contributed by atoms with E-state index in [0.29, 0.717) is 0 Å². The SMILES string of the molecule is C=C(C)Cc1ccc(I)cc1. The van der Waals surface area contributed by atoms with Gasteiger partial charge in [-0.3, -0.25) is 0 Å². The van der Waals surface area contributed by atoms with E-state index in [1.165, 1.54) is 14.7 Å². The molecule has 1 aromatic rings. The molecule has 0 aliphatic heterocycles. The molecule has 0 nitrogen and oxygen atoms in total. The van der Waals surface area contributed by atoms with Crippen molar-refractivity contribution in [1.29, 1.82) is 0 Å². The molecule has 0 heterocycles. The fraction of sp³-hybridized carbons (Fsp3) is 0.200. The highest BCUT2D eigenvalue weighted by Gasteiger charge is 1.91. The van der Waals surface area contributed by atoms with Crippen molar-refractivity contribution in [2.24, 2.45) is 0 Å². The van der Waals surface area contributed by atoms with Crippen LogP contribution in [0.5, 0.6) is 0 Å². The molecule has 0 aliphatic carbocycles. The minimum absolute atomic E-state index is 0.997. The zero-order chi connectivity index (χ0) is 8.27. The van der Waals surface area contributed by atoms with Gasteiger partial charge in [0, 0.05) is 3.57 Å². The third-order valence-corrected chi connectivity index (χ3v) is 2.14. The highest BCUT2D eigenvalue weighted by atomic mass is 127. The van der Waals surface area contributed by atoms with E-state index in [4.69, 9.17) is 0 Å². The summed E-state index contributed by atoms with van der Waals surface area (Å²) in [5, 5.41) is 0. The summed E-state index contributed by atoms with van der Waals surface area (Å²) in [6, 6.07) is 8.55. The van der Waals surface area contributed by atoms with Crippen LogP contribution in [0.2, 0.25) is 0 Å². The molecule has 1 heteroatoms. The number of rotatable bonds is 2. The molecule has 0 atom stereocenters. The van der Waals surface area contributed by atoms with Crippen LogP contribution in [0.15, 0.2) is 36.4 Å². The third kappa shape index (κ3) is 3.06. The summed E-state index contributed by atoms with van der Waals surface area (Å²) in [4.78, 5) is 0. The van der Waals surface area contributed by atoms with Crippen LogP contribution in [-0.4, -0.2) is 0 Å². The molecule has 0 saturated carbocycles. The van der Waals surface area contributed by atoms with E-state index < -0.39 is 0 Å². The zero-order valence-electron chi connectivity index (χ0n) is 6.60. The zero-order valence-corrected chi connectivity index (χ0v) is 8.76. The molecule has 0 aromatic heterocycles. The normalized spacial score (nSPS) is 9.64. The van der Waals surface area contributed by atoms with Crippen LogP contribution in [0, 0.1) is 3.57 Å². The molecular weight excluding hydrogens is 247 g/mol. The van der Waals surface area contributed by atoms with Gasteiger partial charge in [-0.25, -0.2) is 0 Å². The molecule has 1 rings (SSSR count). The summed E-state index contributed by atoms with van der Waals surface area (Å²) in [5.74, 6) is 0. The largest absolute Gasteiger partial charge is 0.0998 e. The molecular formula is C10H11I. The first-order valence-electron chi connectivity index (χ1n) is 3.57. The van der Waals surface area contributed by atoms with Crippen molar-refractivity contribution >= 4 is 22.6 Å². The Bertz CT molecular complexity index is 246. The highest BCUT2D eigenvalue weighted by molar-refractivity contribution is 14.1. The fourth-order valence-corrected chi connectivity index (χ4v) is 1.31. The maximum Gasteiger partial charge on any atom is 0.0130 e. The van der Waals surface area contributed by atoms with Crippen LogP contribution in [0.4, 0.5) is 0 Å². The van der Waals surface area contributed by atoms with Crippen LogP contribution in [0.25, 0.3) is 0 Å². The van der Waals surface area contributed by atoms with E-state index in [9.17, 15) is 0 Å². The molecule has 0 amide bonds. The fourth-order valence-electron chi connectivity index (χ4n) is 0.951. The second-order valence-corrected chi connectivity index (χ2v) is 4.01. The number of hydrogen-bond donors (Lipinski definition) is 0. The van der Waals surface area contributed by atoms with Crippen LogP contribution in [0.1, 0.15) is 12.5 Å². The molecule has 1 aromatic carbocycles. The summed E-state index contributed by atoms with van der Waals surface area (Å²) >= 11 is 2.31. The first-order chi connectivity index (χ1) is 5.18. The Balaban J connectivity index is 2.74. The maximum absolute atomic E-state index is 3.87. The minimum atomic E-state index is 0.997. The van der Waals surface area contributed by atoms with E-state index in [1.807, 2.05) is 0 Å². The van der Waals surface area contributed by atoms with Crippen molar-refractivity contribution in [3.63, 3.8) is 0 Å². The van der Waals surface area contributed by atoms with Gasteiger partial charge in [0.1, 0.15) is 0 Å². The van der Waals surface area contributed by atoms with Gasteiger partial charge in [0.15, 0.2) is 0 Å². The number of allylic oxidation sites excluding steroid dienone is 1. The topological polar surface area (TPSA) is 0 Å². The van der Waals surface area contributed by atoms with Crippen molar-refractivity contribution in [2.45, 2.75) is 13.3 Å². The average molecular weight is 258 g/mol. The smallest absolute Gasteiger partial charge is 0.0130 e. The van der Waals surface area contributed by atoms with Crippen molar-refractivity contribution in [3.8, 4) is 0 Å². The van der Waals surface area contributed by atoms with Crippen LogP contribution >= 0.6 is 22.6 Å². The Morgan fingerprint density at radius 2 is 1.91 bits per heavy atom. The molecule has 0 bridgehead atoms. The molecule has 0 N–H and O–H groups in total. The quantitative estimate of drug-likeness (QED) is 0.563. The van der Waals surface area contributed by atoms with Gasteiger partial charge in [-0.05, 0) is 53.6 Å². The van der Waals surface area contributed by atoms with E-state index in [2.05, 4.69) is 60.4 Å². The van der Waals surface area contributed by atoms with Gasteiger partial charge in [-0.15, -0.1) is 0 Å². The number of benzene rings is 1. The van der Waals surface area contributed by atoms with Gasteiger partial charge in [-0.2, -0.15) is 0 Å². The summed E-state index contributed by atoms with van der Waals surface area (Å²) in [6.45, 7) is 5.92. The summed E-state index contributed by atoms with van der Waals surface area (Å²) in [6.07, 6.45) is 0.997. The molecule has 0 spiro atoms. The molecule has 0 fully saturated rings. The summed E-state index contributed by atoms with van der Waals surface area (Å²) in [5.41, 5.74) is 2.56. The Kier molecular flexibility index (Phi) is 3.12. The van der Waals surface area contributed by atoms with E-state index in [1.54, 1.807) is 0 Å². The van der Waals surface area contributed by atoms with Gasteiger partial charge >= 0.3 is 0 Å². The van der Waals surface area contributed by atoms with Crippen molar-refractivity contribution in [2.75, 3.05) is 0 Å². The molecule has 0 unspecified atom stereocenters. The second-order valence-electron chi connectivity index (χ2n) is 2.76.